The first-order valence-corrected chi connectivity index (χ1v) is 7.15. The van der Waals surface area contributed by atoms with Crippen LogP contribution in [0.3, 0.4) is 0 Å². The van der Waals surface area contributed by atoms with E-state index in [0.29, 0.717) is 0 Å². The minimum absolute atomic E-state index is 0.104. The van der Waals surface area contributed by atoms with Crippen molar-refractivity contribution in [1.82, 2.24) is 0 Å². The first-order chi connectivity index (χ1) is 7.58. The molecule has 1 aromatic heterocycles. The summed E-state index contributed by atoms with van der Waals surface area (Å²) in [7, 11) is 0. The van der Waals surface area contributed by atoms with E-state index in [4.69, 9.17) is 23.2 Å². The number of hydrogen-bond donors (Lipinski definition) is 0. The normalized spacial score (nSPS) is 12.8. The largest absolute Gasteiger partial charge is 0.131 e. The van der Waals surface area contributed by atoms with Gasteiger partial charge < -0.3 is 0 Å². The number of benzene rings is 1. The van der Waals surface area contributed by atoms with E-state index in [1.54, 1.807) is 11.3 Å². The third kappa shape index (κ3) is 2.62. The molecule has 0 aliphatic heterocycles. The maximum absolute atomic E-state index is 6.42. The molecule has 0 fully saturated rings. The van der Waals surface area contributed by atoms with Crippen LogP contribution in [0.1, 0.15) is 21.4 Å². The fourth-order valence-corrected chi connectivity index (χ4v) is 3.45. The number of aryl methyl sites for hydroxylation is 1. The molecule has 0 aliphatic carbocycles. The number of alkyl halides is 1. The smallest absolute Gasteiger partial charge is 0.0928 e. The maximum atomic E-state index is 6.42. The second-order valence-electron chi connectivity index (χ2n) is 3.52. The highest BCUT2D eigenvalue weighted by atomic mass is 79.9. The van der Waals surface area contributed by atoms with Gasteiger partial charge in [0, 0.05) is 9.90 Å². The van der Waals surface area contributed by atoms with E-state index in [1.165, 1.54) is 5.56 Å². The van der Waals surface area contributed by atoms with Crippen molar-refractivity contribution in [2.24, 2.45) is 0 Å². The zero-order valence-corrected chi connectivity index (χ0v) is 12.4. The van der Waals surface area contributed by atoms with Gasteiger partial charge in [0.1, 0.15) is 0 Å². The lowest BCUT2D eigenvalue weighted by Crippen LogP contribution is -1.89. The van der Waals surface area contributed by atoms with E-state index in [-0.39, 0.29) is 5.38 Å². The summed E-state index contributed by atoms with van der Waals surface area (Å²) >= 11 is 17.4. The van der Waals surface area contributed by atoms with E-state index >= 15 is 0 Å². The molecule has 0 spiro atoms. The summed E-state index contributed by atoms with van der Waals surface area (Å²) in [6.07, 6.45) is 0. The van der Waals surface area contributed by atoms with Gasteiger partial charge in [-0.1, -0.05) is 23.7 Å². The van der Waals surface area contributed by atoms with Crippen molar-refractivity contribution in [2.75, 3.05) is 0 Å². The predicted molar refractivity (Wildman–Crippen MR) is 75.9 cm³/mol. The van der Waals surface area contributed by atoms with Crippen LogP contribution in [-0.4, -0.2) is 0 Å². The Kier molecular flexibility index (Phi) is 3.96. The summed E-state index contributed by atoms with van der Waals surface area (Å²) in [4.78, 5) is 1.15. The molecular weight excluding hydrogens is 327 g/mol. The minimum Gasteiger partial charge on any atom is -0.131 e. The topological polar surface area (TPSA) is 0 Å². The van der Waals surface area contributed by atoms with Crippen LogP contribution in [0.2, 0.25) is 5.02 Å². The molecule has 1 unspecified atom stereocenters. The molecule has 0 aliphatic rings. The molecule has 0 radical (unpaired) electrons. The lowest BCUT2D eigenvalue weighted by atomic mass is 10.1. The van der Waals surface area contributed by atoms with Crippen LogP contribution >= 0.6 is 50.5 Å². The molecule has 1 heterocycles. The number of rotatable bonds is 2. The Morgan fingerprint density at radius 3 is 2.38 bits per heavy atom. The standard InChI is InChI=1S/C12H9BrCl2S/c1-7-6-10(16-12(7)13)11(15)8-2-4-9(14)5-3-8/h2-6,11H,1H3. The molecule has 2 rings (SSSR count). The lowest BCUT2D eigenvalue weighted by molar-refractivity contribution is 1.18. The Bertz CT molecular complexity index is 471. The van der Waals surface area contributed by atoms with Gasteiger partial charge in [-0.3, -0.25) is 0 Å². The van der Waals surface area contributed by atoms with Gasteiger partial charge in [-0.25, -0.2) is 0 Å². The SMILES string of the molecule is Cc1cc(C(Cl)c2ccc(Cl)cc2)sc1Br. The molecule has 4 heteroatoms. The van der Waals surface area contributed by atoms with Gasteiger partial charge >= 0.3 is 0 Å². The van der Waals surface area contributed by atoms with E-state index in [9.17, 15) is 0 Å². The van der Waals surface area contributed by atoms with Gasteiger partial charge in [0.25, 0.3) is 0 Å². The van der Waals surface area contributed by atoms with E-state index < -0.39 is 0 Å². The predicted octanol–water partition coefficient (Wildman–Crippen LogP) is 5.80. The molecule has 0 N–H and O–H groups in total. The average molecular weight is 336 g/mol. The molecule has 0 amide bonds. The van der Waals surface area contributed by atoms with Crippen molar-refractivity contribution in [3.8, 4) is 0 Å². The van der Waals surface area contributed by atoms with Crippen LogP contribution in [0, 0.1) is 6.92 Å². The van der Waals surface area contributed by atoms with Gasteiger partial charge in [-0.15, -0.1) is 22.9 Å². The molecule has 0 saturated carbocycles. The molecule has 1 aromatic carbocycles. The van der Waals surface area contributed by atoms with Gasteiger partial charge in [-0.2, -0.15) is 0 Å². The van der Waals surface area contributed by atoms with Crippen LogP contribution in [0.5, 0.6) is 0 Å². The zero-order valence-electron chi connectivity index (χ0n) is 8.51. The molecule has 0 saturated heterocycles. The second kappa shape index (κ2) is 5.09. The molecular formula is C12H9BrCl2S. The van der Waals surface area contributed by atoms with Crippen molar-refractivity contribution >= 4 is 50.5 Å². The lowest BCUT2D eigenvalue weighted by Gasteiger charge is -2.07. The van der Waals surface area contributed by atoms with Gasteiger partial charge in [-0.05, 0) is 52.2 Å². The van der Waals surface area contributed by atoms with Crippen LogP contribution in [0.15, 0.2) is 34.1 Å². The fourth-order valence-electron chi connectivity index (χ4n) is 1.40. The van der Waals surface area contributed by atoms with Gasteiger partial charge in [0.2, 0.25) is 0 Å². The Balaban J connectivity index is 2.31. The van der Waals surface area contributed by atoms with Crippen LogP contribution in [0.25, 0.3) is 0 Å². The van der Waals surface area contributed by atoms with Crippen molar-refractivity contribution < 1.29 is 0 Å². The molecule has 0 bridgehead atoms. The highest BCUT2D eigenvalue weighted by molar-refractivity contribution is 9.11. The number of thiophene rings is 1. The summed E-state index contributed by atoms with van der Waals surface area (Å²) in [6.45, 7) is 2.07. The Labute approximate surface area is 117 Å². The molecule has 0 nitrogen and oxygen atoms in total. The molecule has 84 valence electrons. The Morgan fingerprint density at radius 1 is 1.25 bits per heavy atom. The summed E-state index contributed by atoms with van der Waals surface area (Å²) < 4.78 is 1.14. The third-order valence-electron chi connectivity index (χ3n) is 2.29. The molecule has 16 heavy (non-hydrogen) atoms. The monoisotopic (exact) mass is 334 g/mol. The second-order valence-corrected chi connectivity index (χ2v) is 6.79. The van der Waals surface area contributed by atoms with Crippen LogP contribution in [0.4, 0.5) is 0 Å². The summed E-state index contributed by atoms with van der Waals surface area (Å²) in [5, 5.41) is 0.628. The van der Waals surface area contributed by atoms with Crippen LogP contribution in [-0.2, 0) is 0 Å². The Morgan fingerprint density at radius 2 is 1.88 bits per heavy atom. The molecule has 2 aromatic rings. The summed E-state index contributed by atoms with van der Waals surface area (Å²) in [5.41, 5.74) is 2.29. The number of hydrogen-bond acceptors (Lipinski definition) is 1. The first-order valence-electron chi connectivity index (χ1n) is 4.73. The average Bonchev–Trinajstić information content (AvgIpc) is 2.59. The zero-order chi connectivity index (χ0) is 11.7. The van der Waals surface area contributed by atoms with Crippen molar-refractivity contribution in [3.63, 3.8) is 0 Å². The molecule has 1 atom stereocenters. The number of halogens is 3. The van der Waals surface area contributed by atoms with E-state index in [1.807, 2.05) is 24.3 Å². The van der Waals surface area contributed by atoms with Crippen molar-refractivity contribution in [3.05, 3.63) is 55.1 Å². The van der Waals surface area contributed by atoms with E-state index in [0.717, 1.165) is 19.2 Å². The fraction of sp³-hybridized carbons (Fsp3) is 0.167. The summed E-state index contributed by atoms with van der Waals surface area (Å²) in [5.74, 6) is 0. The quantitative estimate of drug-likeness (QED) is 0.608. The summed E-state index contributed by atoms with van der Waals surface area (Å²) in [6, 6.07) is 9.76. The minimum atomic E-state index is -0.104. The van der Waals surface area contributed by atoms with Crippen LogP contribution < -0.4 is 0 Å². The van der Waals surface area contributed by atoms with Crippen molar-refractivity contribution in [1.29, 1.82) is 0 Å². The first kappa shape index (κ1) is 12.4. The highest BCUT2D eigenvalue weighted by Gasteiger charge is 2.14. The third-order valence-corrected chi connectivity index (χ3v) is 5.36. The maximum Gasteiger partial charge on any atom is 0.0928 e. The van der Waals surface area contributed by atoms with Gasteiger partial charge in [0.15, 0.2) is 0 Å². The highest BCUT2D eigenvalue weighted by Crippen LogP contribution is 2.38. The van der Waals surface area contributed by atoms with E-state index in [2.05, 4.69) is 28.9 Å². The van der Waals surface area contributed by atoms with Gasteiger partial charge in [0.05, 0.1) is 9.16 Å². The van der Waals surface area contributed by atoms with Crippen molar-refractivity contribution in [2.45, 2.75) is 12.3 Å². The Hall–Kier alpha value is -0.0200.